The number of piperidine rings is 1. The first-order valence-corrected chi connectivity index (χ1v) is 10.4. The van der Waals surface area contributed by atoms with Crippen LogP contribution in [0.3, 0.4) is 0 Å². The molecule has 26 heavy (non-hydrogen) atoms. The van der Waals surface area contributed by atoms with Gasteiger partial charge < -0.3 is 5.32 Å². The normalized spacial score (nSPS) is 15.7. The van der Waals surface area contributed by atoms with Gasteiger partial charge in [-0.25, -0.2) is 0 Å². The maximum atomic E-state index is 12.1. The number of anilines is 1. The third-order valence-corrected chi connectivity index (χ3v) is 5.75. The van der Waals surface area contributed by atoms with Gasteiger partial charge in [0, 0.05) is 30.4 Å². The molecule has 1 saturated heterocycles. The smallest absolute Gasteiger partial charge is 0.234 e. The second-order valence-electron chi connectivity index (χ2n) is 7.06. The van der Waals surface area contributed by atoms with Gasteiger partial charge in [0.05, 0.1) is 5.75 Å². The van der Waals surface area contributed by atoms with Gasteiger partial charge in [-0.3, -0.25) is 14.7 Å². The van der Waals surface area contributed by atoms with Crippen molar-refractivity contribution in [2.24, 2.45) is 5.92 Å². The van der Waals surface area contributed by atoms with Gasteiger partial charge in [0.2, 0.25) is 5.91 Å². The molecule has 0 saturated carbocycles. The molecule has 3 rings (SSSR count). The molecule has 1 aliphatic rings. The zero-order chi connectivity index (χ0) is 18.2. The highest BCUT2D eigenvalue weighted by Crippen LogP contribution is 2.19. The van der Waals surface area contributed by atoms with Gasteiger partial charge in [-0.15, -0.1) is 11.8 Å². The van der Waals surface area contributed by atoms with Crippen molar-refractivity contribution >= 4 is 23.4 Å². The summed E-state index contributed by atoms with van der Waals surface area (Å²) in [5.41, 5.74) is 3.32. The maximum absolute atomic E-state index is 12.1. The fourth-order valence-corrected chi connectivity index (χ4v) is 3.88. The van der Waals surface area contributed by atoms with Crippen molar-refractivity contribution in [3.8, 4) is 0 Å². The number of nitrogens with one attached hydrogen (secondary N) is 1. The van der Waals surface area contributed by atoms with Crippen LogP contribution < -0.4 is 5.32 Å². The van der Waals surface area contributed by atoms with Crippen molar-refractivity contribution in [1.29, 1.82) is 0 Å². The monoisotopic (exact) mass is 369 g/mol. The van der Waals surface area contributed by atoms with E-state index in [2.05, 4.69) is 34.3 Å². The largest absolute Gasteiger partial charge is 0.325 e. The van der Waals surface area contributed by atoms with Crippen molar-refractivity contribution in [2.45, 2.75) is 32.1 Å². The number of hydrogen-bond acceptors (Lipinski definition) is 4. The highest BCUT2D eigenvalue weighted by atomic mass is 32.2. The van der Waals surface area contributed by atoms with Gasteiger partial charge in [-0.1, -0.05) is 25.1 Å². The van der Waals surface area contributed by atoms with Gasteiger partial charge in [0.15, 0.2) is 0 Å². The number of aromatic nitrogens is 1. The molecular formula is C21H27N3OS. The Bertz CT molecular complexity index is 682. The highest BCUT2D eigenvalue weighted by molar-refractivity contribution is 7.99. The quantitative estimate of drug-likeness (QED) is 0.795. The van der Waals surface area contributed by atoms with Crippen LogP contribution in [0.4, 0.5) is 5.69 Å². The van der Waals surface area contributed by atoms with Gasteiger partial charge in [0.1, 0.15) is 0 Å². The van der Waals surface area contributed by atoms with E-state index in [0.29, 0.717) is 5.75 Å². The standard InChI is InChI=1S/C21H27N3OS/c1-17-8-11-24(12-9-17)14-18-4-6-20(7-5-18)23-21(25)16-26-15-19-3-2-10-22-13-19/h2-7,10,13,17H,8-9,11-12,14-16H2,1H3,(H,23,25). The number of amides is 1. The highest BCUT2D eigenvalue weighted by Gasteiger charge is 2.15. The predicted octanol–water partition coefficient (Wildman–Crippen LogP) is 4.19. The number of carbonyl (C=O) groups is 1. The molecule has 1 fully saturated rings. The topological polar surface area (TPSA) is 45.2 Å². The van der Waals surface area contributed by atoms with Gasteiger partial charge >= 0.3 is 0 Å². The maximum Gasteiger partial charge on any atom is 0.234 e. The van der Waals surface area contributed by atoms with Crippen LogP contribution in [0.5, 0.6) is 0 Å². The van der Waals surface area contributed by atoms with Crippen LogP contribution in [-0.4, -0.2) is 34.6 Å². The number of benzene rings is 1. The van der Waals surface area contributed by atoms with Crippen LogP contribution in [0.15, 0.2) is 48.8 Å². The number of likely N-dealkylation sites (tertiary alicyclic amines) is 1. The summed E-state index contributed by atoms with van der Waals surface area (Å²) in [6, 6.07) is 12.2. The van der Waals surface area contributed by atoms with Crippen LogP contribution in [0.2, 0.25) is 0 Å². The number of nitrogens with zero attached hydrogens (tertiary/aromatic N) is 2. The molecule has 1 aliphatic heterocycles. The minimum absolute atomic E-state index is 0.0386. The van der Waals surface area contributed by atoms with E-state index in [1.807, 2.05) is 30.5 Å². The fourth-order valence-electron chi connectivity index (χ4n) is 3.11. The Morgan fingerprint density at radius 1 is 1.19 bits per heavy atom. The first-order valence-electron chi connectivity index (χ1n) is 9.27. The molecule has 138 valence electrons. The zero-order valence-corrected chi connectivity index (χ0v) is 16.2. The minimum Gasteiger partial charge on any atom is -0.325 e. The Hall–Kier alpha value is -1.85. The number of rotatable bonds is 7. The lowest BCUT2D eigenvalue weighted by molar-refractivity contribution is -0.113. The minimum atomic E-state index is 0.0386. The Morgan fingerprint density at radius 2 is 1.96 bits per heavy atom. The molecule has 5 heteroatoms. The number of thioether (sulfide) groups is 1. The van der Waals surface area contributed by atoms with Gasteiger partial charge in [-0.2, -0.15) is 0 Å². The van der Waals surface area contributed by atoms with Crippen LogP contribution in [-0.2, 0) is 17.1 Å². The van der Waals surface area contributed by atoms with Crippen molar-refractivity contribution in [2.75, 3.05) is 24.2 Å². The first-order chi connectivity index (χ1) is 12.7. The predicted molar refractivity (Wildman–Crippen MR) is 109 cm³/mol. The van der Waals surface area contributed by atoms with Crippen LogP contribution in [0.25, 0.3) is 0 Å². The summed E-state index contributed by atoms with van der Waals surface area (Å²) < 4.78 is 0. The zero-order valence-electron chi connectivity index (χ0n) is 15.4. The molecule has 1 amide bonds. The summed E-state index contributed by atoms with van der Waals surface area (Å²) in [5.74, 6) is 2.15. The van der Waals surface area contributed by atoms with E-state index >= 15 is 0 Å². The lowest BCUT2D eigenvalue weighted by Gasteiger charge is -2.30. The molecule has 4 nitrogen and oxygen atoms in total. The molecule has 1 N–H and O–H groups in total. The van der Waals surface area contributed by atoms with Crippen molar-refractivity contribution in [1.82, 2.24) is 9.88 Å². The molecule has 0 unspecified atom stereocenters. The van der Waals surface area contributed by atoms with Crippen LogP contribution in [0, 0.1) is 5.92 Å². The summed E-state index contributed by atoms with van der Waals surface area (Å²) in [6.07, 6.45) is 6.19. The van der Waals surface area contributed by atoms with E-state index in [0.717, 1.165) is 29.5 Å². The van der Waals surface area contributed by atoms with Crippen LogP contribution in [0.1, 0.15) is 30.9 Å². The second kappa shape index (κ2) is 9.74. The Morgan fingerprint density at radius 3 is 2.65 bits per heavy atom. The summed E-state index contributed by atoms with van der Waals surface area (Å²) in [7, 11) is 0. The van der Waals surface area contributed by atoms with Gasteiger partial charge in [0.25, 0.3) is 0 Å². The molecule has 1 aromatic heterocycles. The van der Waals surface area contributed by atoms with E-state index in [-0.39, 0.29) is 5.91 Å². The lowest BCUT2D eigenvalue weighted by atomic mass is 9.99. The fraction of sp³-hybridized carbons (Fsp3) is 0.429. The number of pyridine rings is 1. The van der Waals surface area contributed by atoms with Crippen LogP contribution >= 0.6 is 11.8 Å². The van der Waals surface area contributed by atoms with E-state index < -0.39 is 0 Å². The third kappa shape index (κ3) is 6.15. The second-order valence-corrected chi connectivity index (χ2v) is 8.04. The first kappa shape index (κ1) is 18.9. The SMILES string of the molecule is CC1CCN(Cc2ccc(NC(=O)CSCc3cccnc3)cc2)CC1. The molecule has 0 bridgehead atoms. The van der Waals surface area contributed by atoms with E-state index in [1.165, 1.54) is 31.5 Å². The Balaban J connectivity index is 1.40. The lowest BCUT2D eigenvalue weighted by Crippen LogP contribution is -2.32. The summed E-state index contributed by atoms with van der Waals surface area (Å²) in [6.45, 7) is 5.72. The molecule has 2 heterocycles. The summed E-state index contributed by atoms with van der Waals surface area (Å²) in [5, 5.41) is 2.98. The Kier molecular flexibility index (Phi) is 7.09. The van der Waals surface area contributed by atoms with E-state index in [4.69, 9.17) is 0 Å². The summed E-state index contributed by atoms with van der Waals surface area (Å²) >= 11 is 1.60. The van der Waals surface area contributed by atoms with Crippen molar-refractivity contribution in [3.05, 3.63) is 59.9 Å². The average Bonchev–Trinajstić information content (AvgIpc) is 2.66. The molecule has 0 radical (unpaired) electrons. The molecular weight excluding hydrogens is 342 g/mol. The summed E-state index contributed by atoms with van der Waals surface area (Å²) in [4.78, 5) is 18.7. The van der Waals surface area contributed by atoms with Crippen molar-refractivity contribution in [3.63, 3.8) is 0 Å². The third-order valence-electron chi connectivity index (χ3n) is 4.74. The van der Waals surface area contributed by atoms with Gasteiger partial charge in [-0.05, 0) is 61.2 Å². The average molecular weight is 370 g/mol. The van der Waals surface area contributed by atoms with E-state index in [1.54, 1.807) is 18.0 Å². The molecule has 2 aromatic rings. The molecule has 0 atom stereocenters. The molecule has 0 aliphatic carbocycles. The number of hydrogen-bond donors (Lipinski definition) is 1. The van der Waals surface area contributed by atoms with Crippen molar-refractivity contribution < 1.29 is 4.79 Å². The van der Waals surface area contributed by atoms with E-state index in [9.17, 15) is 4.79 Å². The Labute approximate surface area is 160 Å². The number of carbonyl (C=O) groups excluding carboxylic acids is 1. The molecule has 1 aromatic carbocycles. The molecule has 0 spiro atoms.